The lowest BCUT2D eigenvalue weighted by Gasteiger charge is -2.16. The summed E-state index contributed by atoms with van der Waals surface area (Å²) in [5, 5.41) is 4.62. The smallest absolute Gasteiger partial charge is 0.331 e. The zero-order valence-electron chi connectivity index (χ0n) is 15.7. The number of hydrogen-bond donors (Lipinski definition) is 2. The van der Waals surface area contributed by atoms with Gasteiger partial charge in [-0.05, 0) is 30.7 Å². The van der Waals surface area contributed by atoms with Gasteiger partial charge >= 0.3 is 12.0 Å². The summed E-state index contributed by atoms with van der Waals surface area (Å²) in [7, 11) is 1.55. The average Bonchev–Trinajstić information content (AvgIpc) is 2.71. The van der Waals surface area contributed by atoms with Crippen LogP contribution in [0.1, 0.15) is 24.2 Å². The van der Waals surface area contributed by atoms with Crippen LogP contribution in [0.5, 0.6) is 5.75 Å². The molecule has 3 amide bonds. The number of benzene rings is 2. The maximum absolute atomic E-state index is 12.4. The first-order chi connectivity index (χ1) is 13.5. The lowest BCUT2D eigenvalue weighted by Crippen LogP contribution is -2.42. The van der Waals surface area contributed by atoms with Gasteiger partial charge in [0.15, 0.2) is 0 Å². The fourth-order valence-corrected chi connectivity index (χ4v) is 2.35. The Morgan fingerprint density at radius 3 is 2.50 bits per heavy atom. The number of amides is 3. The van der Waals surface area contributed by atoms with Crippen molar-refractivity contribution in [1.29, 1.82) is 0 Å². The summed E-state index contributed by atoms with van der Waals surface area (Å²) in [5.74, 6) is -0.804. The topological polar surface area (TPSA) is 93.7 Å². The number of carbonyl (C=O) groups excluding carboxylic acids is 3. The van der Waals surface area contributed by atoms with Gasteiger partial charge in [0.1, 0.15) is 5.75 Å². The Bertz CT molecular complexity index is 849. The second-order valence-electron chi connectivity index (χ2n) is 5.69. The second-order valence-corrected chi connectivity index (χ2v) is 5.69. The predicted octanol–water partition coefficient (Wildman–Crippen LogP) is 2.84. The van der Waals surface area contributed by atoms with E-state index in [0.29, 0.717) is 17.9 Å². The SMILES string of the molecule is CCNC(=O)NC(=O)[C@H](OC(=O)/C=C/c1cccc(OC)c1)c1ccccc1. The summed E-state index contributed by atoms with van der Waals surface area (Å²) in [6.07, 6.45) is 1.50. The standard InChI is InChI=1S/C21H22N2O5/c1-3-22-21(26)23-20(25)19(16-9-5-4-6-10-16)28-18(24)13-12-15-8-7-11-17(14-15)27-2/h4-14,19H,3H2,1-2H3,(H2,22,23,25,26)/b13-12+/t19-/m1/s1. The monoisotopic (exact) mass is 382 g/mol. The molecule has 0 heterocycles. The second kappa shape index (κ2) is 10.5. The van der Waals surface area contributed by atoms with Crippen LogP contribution < -0.4 is 15.4 Å². The Balaban J connectivity index is 2.12. The van der Waals surface area contributed by atoms with Crippen molar-refractivity contribution in [1.82, 2.24) is 10.6 Å². The van der Waals surface area contributed by atoms with Gasteiger partial charge in [0.25, 0.3) is 5.91 Å². The molecule has 2 aromatic rings. The molecule has 146 valence electrons. The van der Waals surface area contributed by atoms with Crippen LogP contribution in [-0.2, 0) is 14.3 Å². The summed E-state index contributed by atoms with van der Waals surface area (Å²) in [4.78, 5) is 36.3. The number of esters is 1. The molecule has 0 aliphatic rings. The van der Waals surface area contributed by atoms with Crippen LogP contribution in [0.3, 0.4) is 0 Å². The number of nitrogens with one attached hydrogen (secondary N) is 2. The fraction of sp³-hybridized carbons (Fsp3) is 0.190. The van der Waals surface area contributed by atoms with Crippen molar-refractivity contribution in [3.8, 4) is 5.75 Å². The molecule has 7 nitrogen and oxygen atoms in total. The maximum Gasteiger partial charge on any atom is 0.331 e. The first-order valence-electron chi connectivity index (χ1n) is 8.70. The normalized spacial score (nSPS) is 11.5. The molecule has 0 bridgehead atoms. The van der Waals surface area contributed by atoms with Crippen LogP contribution in [0.15, 0.2) is 60.7 Å². The Kier molecular flexibility index (Phi) is 7.77. The lowest BCUT2D eigenvalue weighted by atomic mass is 10.1. The zero-order valence-corrected chi connectivity index (χ0v) is 15.7. The summed E-state index contributed by atoms with van der Waals surface area (Å²) in [5.41, 5.74) is 1.19. The summed E-state index contributed by atoms with van der Waals surface area (Å²) in [6.45, 7) is 2.08. The minimum atomic E-state index is -1.26. The Morgan fingerprint density at radius 1 is 1.07 bits per heavy atom. The zero-order chi connectivity index (χ0) is 20.4. The molecule has 0 saturated heterocycles. The molecular weight excluding hydrogens is 360 g/mol. The van der Waals surface area contributed by atoms with E-state index in [9.17, 15) is 14.4 Å². The van der Waals surface area contributed by atoms with E-state index in [0.717, 1.165) is 5.56 Å². The summed E-state index contributed by atoms with van der Waals surface area (Å²) >= 11 is 0. The Labute approximate surface area is 163 Å². The van der Waals surface area contributed by atoms with Crippen molar-refractivity contribution < 1.29 is 23.9 Å². The van der Waals surface area contributed by atoms with Crippen LogP contribution in [0.2, 0.25) is 0 Å². The lowest BCUT2D eigenvalue weighted by molar-refractivity contribution is -0.151. The molecule has 0 spiro atoms. The number of urea groups is 1. The Morgan fingerprint density at radius 2 is 1.82 bits per heavy atom. The molecule has 1 atom stereocenters. The third-order valence-electron chi connectivity index (χ3n) is 3.65. The van der Waals surface area contributed by atoms with Gasteiger partial charge in [-0.15, -0.1) is 0 Å². The average molecular weight is 382 g/mol. The van der Waals surface area contributed by atoms with E-state index in [1.54, 1.807) is 74.7 Å². The van der Waals surface area contributed by atoms with E-state index in [1.807, 2.05) is 0 Å². The van der Waals surface area contributed by atoms with Crippen molar-refractivity contribution in [2.75, 3.05) is 13.7 Å². The van der Waals surface area contributed by atoms with Gasteiger partial charge in [-0.3, -0.25) is 10.1 Å². The van der Waals surface area contributed by atoms with E-state index < -0.39 is 24.0 Å². The number of imide groups is 1. The molecule has 28 heavy (non-hydrogen) atoms. The number of methoxy groups -OCH3 is 1. The van der Waals surface area contributed by atoms with Gasteiger partial charge in [-0.2, -0.15) is 0 Å². The van der Waals surface area contributed by atoms with Crippen LogP contribution in [0.4, 0.5) is 4.79 Å². The third-order valence-corrected chi connectivity index (χ3v) is 3.65. The van der Waals surface area contributed by atoms with Crippen LogP contribution >= 0.6 is 0 Å². The molecule has 0 saturated carbocycles. The highest BCUT2D eigenvalue weighted by atomic mass is 16.5. The minimum Gasteiger partial charge on any atom is -0.497 e. The van der Waals surface area contributed by atoms with Crippen LogP contribution in [0.25, 0.3) is 6.08 Å². The first-order valence-corrected chi connectivity index (χ1v) is 8.70. The molecule has 0 aromatic heterocycles. The molecular formula is C21H22N2O5. The van der Waals surface area contributed by atoms with Crippen molar-refractivity contribution in [2.45, 2.75) is 13.0 Å². The molecule has 0 unspecified atom stereocenters. The highest BCUT2D eigenvalue weighted by Gasteiger charge is 2.25. The van der Waals surface area contributed by atoms with Crippen molar-refractivity contribution >= 4 is 24.0 Å². The summed E-state index contributed by atoms with van der Waals surface area (Å²) < 4.78 is 10.4. The number of ether oxygens (including phenoxy) is 2. The summed E-state index contributed by atoms with van der Waals surface area (Å²) in [6, 6.07) is 14.9. The van der Waals surface area contributed by atoms with Gasteiger partial charge < -0.3 is 14.8 Å². The van der Waals surface area contributed by atoms with Crippen molar-refractivity contribution in [2.24, 2.45) is 0 Å². The highest BCUT2D eigenvalue weighted by molar-refractivity contribution is 5.98. The van der Waals surface area contributed by atoms with Crippen LogP contribution in [-0.4, -0.2) is 31.6 Å². The van der Waals surface area contributed by atoms with Gasteiger partial charge in [-0.1, -0.05) is 42.5 Å². The van der Waals surface area contributed by atoms with E-state index in [1.165, 1.54) is 6.08 Å². The maximum atomic E-state index is 12.4. The van der Waals surface area contributed by atoms with E-state index >= 15 is 0 Å². The van der Waals surface area contributed by atoms with Crippen molar-refractivity contribution in [3.05, 3.63) is 71.8 Å². The highest BCUT2D eigenvalue weighted by Crippen LogP contribution is 2.19. The molecule has 0 radical (unpaired) electrons. The number of hydrogen-bond acceptors (Lipinski definition) is 5. The van der Waals surface area contributed by atoms with Crippen molar-refractivity contribution in [3.63, 3.8) is 0 Å². The minimum absolute atomic E-state index is 0.359. The van der Waals surface area contributed by atoms with Gasteiger partial charge in [0.05, 0.1) is 7.11 Å². The van der Waals surface area contributed by atoms with Crippen LogP contribution in [0, 0.1) is 0 Å². The quantitative estimate of drug-likeness (QED) is 0.567. The molecule has 2 aromatic carbocycles. The van der Waals surface area contributed by atoms with E-state index in [2.05, 4.69) is 10.6 Å². The van der Waals surface area contributed by atoms with E-state index in [-0.39, 0.29) is 0 Å². The predicted molar refractivity (Wildman–Crippen MR) is 105 cm³/mol. The Hall–Kier alpha value is -3.61. The van der Waals surface area contributed by atoms with Gasteiger partial charge in [0.2, 0.25) is 6.10 Å². The van der Waals surface area contributed by atoms with Gasteiger partial charge in [-0.25, -0.2) is 9.59 Å². The molecule has 2 rings (SSSR count). The molecule has 0 aliphatic carbocycles. The third kappa shape index (κ3) is 6.28. The van der Waals surface area contributed by atoms with Gasteiger partial charge in [0, 0.05) is 18.2 Å². The molecule has 0 aliphatic heterocycles. The fourth-order valence-electron chi connectivity index (χ4n) is 2.35. The molecule has 0 fully saturated rings. The molecule has 7 heteroatoms. The van der Waals surface area contributed by atoms with E-state index in [4.69, 9.17) is 9.47 Å². The largest absolute Gasteiger partial charge is 0.497 e. The molecule has 2 N–H and O–H groups in total. The number of carbonyl (C=O) groups is 3. The number of rotatable bonds is 7. The first kappa shape index (κ1) is 20.7.